The van der Waals surface area contributed by atoms with Gasteiger partial charge >= 0.3 is 5.69 Å². The Bertz CT molecular complexity index is 1170. The Morgan fingerprint density at radius 3 is 2.85 bits per heavy atom. The second-order valence-corrected chi connectivity index (χ2v) is 9.39. The molecule has 174 valence electrons. The number of aromatic nitrogens is 3. The second kappa shape index (κ2) is 9.49. The number of nitrogens with zero attached hydrogens (tertiary/aromatic N) is 2. The van der Waals surface area contributed by atoms with Crippen LogP contribution in [0.1, 0.15) is 62.2 Å². The van der Waals surface area contributed by atoms with Gasteiger partial charge in [-0.15, -0.1) is 0 Å². The van der Waals surface area contributed by atoms with Crippen LogP contribution in [0.15, 0.2) is 41.3 Å². The summed E-state index contributed by atoms with van der Waals surface area (Å²) in [7, 11) is 0. The number of fused-ring (bicyclic) bond motifs is 1. The van der Waals surface area contributed by atoms with Crippen molar-refractivity contribution in [1.82, 2.24) is 30.5 Å². The topological polar surface area (TPSA) is 111 Å². The average molecular weight is 448 g/mol. The van der Waals surface area contributed by atoms with Gasteiger partial charge in [-0.25, -0.2) is 4.79 Å². The first kappa shape index (κ1) is 21.9. The summed E-state index contributed by atoms with van der Waals surface area (Å²) in [6.45, 7) is 4.60. The lowest BCUT2D eigenvalue weighted by Crippen LogP contribution is -2.39. The van der Waals surface area contributed by atoms with E-state index in [1.807, 2.05) is 18.3 Å². The summed E-state index contributed by atoms with van der Waals surface area (Å²) in [5.74, 6) is 0.978. The van der Waals surface area contributed by atoms with E-state index in [2.05, 4.69) is 44.1 Å². The molecule has 0 bridgehead atoms. The Morgan fingerprint density at radius 1 is 1.24 bits per heavy atom. The number of rotatable bonds is 6. The van der Waals surface area contributed by atoms with E-state index < -0.39 is 0 Å². The lowest BCUT2D eigenvalue weighted by atomic mass is 9.92. The van der Waals surface area contributed by atoms with Crippen LogP contribution in [-0.2, 0) is 0 Å². The predicted octanol–water partition coefficient (Wildman–Crippen LogP) is 2.95. The smallest absolute Gasteiger partial charge is 0.354 e. The number of benzene rings is 1. The summed E-state index contributed by atoms with van der Waals surface area (Å²) in [6, 6.07) is 11.2. The molecule has 2 aliphatic rings. The average Bonchev–Trinajstić information content (AvgIpc) is 3.48. The van der Waals surface area contributed by atoms with Crippen molar-refractivity contribution in [1.29, 1.82) is 5.41 Å². The van der Waals surface area contributed by atoms with E-state index >= 15 is 0 Å². The molecule has 8 heteroatoms. The van der Waals surface area contributed by atoms with Gasteiger partial charge in [-0.3, -0.25) is 9.98 Å². The third-order valence-corrected chi connectivity index (χ3v) is 6.97. The SMILES string of the molecule is CC(=N)NCC[C@@H]1CCC[C@@H](c2ccc(-n3cc4cc(C5CCNC5)[nH]c4nc3=O)cc2)N1. The Kier molecular flexibility index (Phi) is 6.28. The summed E-state index contributed by atoms with van der Waals surface area (Å²) in [4.78, 5) is 20.4. The maximum Gasteiger partial charge on any atom is 0.354 e. The Labute approximate surface area is 193 Å². The fourth-order valence-corrected chi connectivity index (χ4v) is 5.15. The molecule has 2 aliphatic heterocycles. The first-order chi connectivity index (χ1) is 16.1. The Balaban J connectivity index is 1.31. The number of hydrogen-bond donors (Lipinski definition) is 5. The van der Waals surface area contributed by atoms with Gasteiger partial charge in [-0.2, -0.15) is 4.98 Å². The van der Waals surface area contributed by atoms with Gasteiger partial charge in [0.05, 0.1) is 11.5 Å². The summed E-state index contributed by atoms with van der Waals surface area (Å²) < 4.78 is 1.64. The van der Waals surface area contributed by atoms with E-state index in [-0.39, 0.29) is 5.69 Å². The van der Waals surface area contributed by atoms with Crippen molar-refractivity contribution in [3.63, 3.8) is 0 Å². The van der Waals surface area contributed by atoms with E-state index in [4.69, 9.17) is 5.41 Å². The van der Waals surface area contributed by atoms with E-state index in [1.165, 1.54) is 18.4 Å². The zero-order chi connectivity index (χ0) is 22.8. The van der Waals surface area contributed by atoms with Crippen molar-refractivity contribution in [2.24, 2.45) is 0 Å². The molecule has 3 atom stereocenters. The fourth-order valence-electron chi connectivity index (χ4n) is 5.15. The van der Waals surface area contributed by atoms with Gasteiger partial charge in [-0.05, 0) is 62.9 Å². The molecule has 2 fully saturated rings. The molecule has 3 aromatic rings. The molecule has 33 heavy (non-hydrogen) atoms. The molecule has 0 radical (unpaired) electrons. The minimum Gasteiger partial charge on any atom is -0.374 e. The number of H-pyrrole nitrogens is 1. The number of aromatic amines is 1. The van der Waals surface area contributed by atoms with Crippen molar-refractivity contribution in [2.45, 2.75) is 57.0 Å². The van der Waals surface area contributed by atoms with Crippen LogP contribution in [0.2, 0.25) is 0 Å². The molecular weight excluding hydrogens is 414 g/mol. The number of hydrogen-bond acceptors (Lipinski definition) is 5. The molecule has 0 saturated carbocycles. The van der Waals surface area contributed by atoms with E-state index in [0.717, 1.165) is 55.7 Å². The highest BCUT2D eigenvalue weighted by Gasteiger charge is 2.22. The van der Waals surface area contributed by atoms with E-state index in [9.17, 15) is 4.79 Å². The van der Waals surface area contributed by atoms with Crippen LogP contribution in [0.4, 0.5) is 0 Å². The molecular formula is C25H33N7O. The highest BCUT2D eigenvalue weighted by atomic mass is 16.1. The molecule has 0 aliphatic carbocycles. The highest BCUT2D eigenvalue weighted by Crippen LogP contribution is 2.28. The van der Waals surface area contributed by atoms with Crippen LogP contribution < -0.4 is 21.6 Å². The minimum absolute atomic E-state index is 0.266. The minimum atomic E-state index is -0.266. The lowest BCUT2D eigenvalue weighted by molar-refractivity contribution is 0.312. The number of piperidine rings is 1. The van der Waals surface area contributed by atoms with Crippen molar-refractivity contribution in [3.8, 4) is 5.69 Å². The molecule has 8 nitrogen and oxygen atoms in total. The second-order valence-electron chi connectivity index (χ2n) is 9.39. The molecule has 2 aromatic heterocycles. The zero-order valence-electron chi connectivity index (χ0n) is 19.2. The summed E-state index contributed by atoms with van der Waals surface area (Å²) in [5, 5.41) is 18.7. The van der Waals surface area contributed by atoms with Gasteiger partial charge in [-0.1, -0.05) is 18.6 Å². The van der Waals surface area contributed by atoms with Gasteiger partial charge < -0.3 is 20.9 Å². The van der Waals surface area contributed by atoms with Crippen LogP contribution in [0.3, 0.4) is 0 Å². The van der Waals surface area contributed by atoms with Crippen LogP contribution in [0.5, 0.6) is 0 Å². The summed E-state index contributed by atoms with van der Waals surface area (Å²) in [6.07, 6.45) is 7.50. The molecule has 0 spiro atoms. The number of amidine groups is 1. The Hall–Kier alpha value is -2.97. The van der Waals surface area contributed by atoms with Crippen LogP contribution in [0, 0.1) is 5.41 Å². The summed E-state index contributed by atoms with van der Waals surface area (Å²) in [5.41, 5.74) is 3.64. The maximum absolute atomic E-state index is 12.7. The van der Waals surface area contributed by atoms with Gasteiger partial charge in [0.25, 0.3) is 0 Å². The maximum atomic E-state index is 12.7. The lowest BCUT2D eigenvalue weighted by Gasteiger charge is -2.31. The zero-order valence-corrected chi connectivity index (χ0v) is 19.2. The first-order valence-corrected chi connectivity index (χ1v) is 12.1. The van der Waals surface area contributed by atoms with Crippen molar-refractivity contribution >= 4 is 16.9 Å². The molecule has 0 amide bonds. The van der Waals surface area contributed by atoms with Crippen molar-refractivity contribution in [3.05, 3.63) is 58.3 Å². The molecule has 1 aromatic carbocycles. The van der Waals surface area contributed by atoms with Crippen LogP contribution in [0.25, 0.3) is 16.7 Å². The van der Waals surface area contributed by atoms with Gasteiger partial charge in [0.15, 0.2) is 0 Å². The van der Waals surface area contributed by atoms with Gasteiger partial charge in [0.2, 0.25) is 0 Å². The first-order valence-electron chi connectivity index (χ1n) is 12.1. The van der Waals surface area contributed by atoms with E-state index in [1.54, 1.807) is 11.5 Å². The standard InChI is InChI=1S/C25H33N7O/c1-16(26)28-12-10-20-3-2-4-22(29-20)17-5-7-21(8-6-17)32-15-19-13-23(18-9-11-27-14-18)30-24(19)31-25(32)33/h5-8,13,15,18,20,22,27,29H,2-4,9-12,14H2,1H3,(H2,26,28)(H,30,31,33)/t18?,20-,22-/m0/s1. The quantitative estimate of drug-likeness (QED) is 0.295. The molecule has 2 saturated heterocycles. The molecule has 5 rings (SSSR count). The van der Waals surface area contributed by atoms with Gasteiger partial charge in [0.1, 0.15) is 5.65 Å². The molecule has 1 unspecified atom stereocenters. The largest absolute Gasteiger partial charge is 0.374 e. The molecule has 4 heterocycles. The Morgan fingerprint density at radius 2 is 2.09 bits per heavy atom. The van der Waals surface area contributed by atoms with E-state index in [0.29, 0.717) is 29.5 Å². The fraction of sp³-hybridized carbons (Fsp3) is 0.480. The van der Waals surface area contributed by atoms with Gasteiger partial charge in [0, 0.05) is 48.4 Å². The van der Waals surface area contributed by atoms with Crippen LogP contribution >= 0.6 is 0 Å². The third-order valence-electron chi connectivity index (χ3n) is 6.97. The van der Waals surface area contributed by atoms with Crippen molar-refractivity contribution < 1.29 is 0 Å². The highest BCUT2D eigenvalue weighted by molar-refractivity contribution is 5.76. The predicted molar refractivity (Wildman–Crippen MR) is 131 cm³/mol. The summed E-state index contributed by atoms with van der Waals surface area (Å²) >= 11 is 0. The normalized spacial score (nSPS) is 23.1. The van der Waals surface area contributed by atoms with Crippen LogP contribution in [-0.4, -0.2) is 46.0 Å². The molecule has 5 N–H and O–H groups in total. The van der Waals surface area contributed by atoms with Crippen molar-refractivity contribution in [2.75, 3.05) is 19.6 Å². The monoisotopic (exact) mass is 447 g/mol. The third kappa shape index (κ3) is 4.86. The number of nitrogens with one attached hydrogen (secondary N) is 5.